The molecule has 0 atom stereocenters. The summed E-state index contributed by atoms with van der Waals surface area (Å²) in [6.45, 7) is 6.49. The monoisotopic (exact) mass is 247 g/mol. The van der Waals surface area contributed by atoms with Crippen molar-refractivity contribution in [2.45, 2.75) is 39.2 Å². The topological polar surface area (TPSA) is 38.3 Å². The van der Waals surface area contributed by atoms with Gasteiger partial charge in [-0.1, -0.05) is 19.1 Å². The van der Waals surface area contributed by atoms with Gasteiger partial charge in [-0.05, 0) is 50.3 Å². The maximum atomic E-state index is 12.1. The van der Waals surface area contributed by atoms with Crippen molar-refractivity contribution in [3.05, 3.63) is 29.8 Å². The molecular weight excluding hydrogens is 226 g/mol. The molecule has 0 radical (unpaired) electrons. The zero-order valence-corrected chi connectivity index (χ0v) is 11.3. The lowest BCUT2D eigenvalue weighted by atomic mass is 9.69. The van der Waals surface area contributed by atoms with E-state index in [1.54, 1.807) is 0 Å². The third-order valence-corrected chi connectivity index (χ3v) is 3.46. The van der Waals surface area contributed by atoms with E-state index in [-0.39, 0.29) is 5.97 Å². The number of hydrogen-bond acceptors (Lipinski definition) is 3. The Kier molecular flexibility index (Phi) is 3.60. The SMILES string of the molecule is CCOC(=O)C1(Nc2cccc(C)c2)CC(C)C1. The maximum absolute atomic E-state index is 12.1. The van der Waals surface area contributed by atoms with Gasteiger partial charge in [-0.15, -0.1) is 0 Å². The Bertz CT molecular complexity index is 436. The van der Waals surface area contributed by atoms with Crippen LogP contribution in [0.3, 0.4) is 0 Å². The van der Waals surface area contributed by atoms with Crippen LogP contribution in [-0.4, -0.2) is 18.1 Å². The van der Waals surface area contributed by atoms with Crippen LogP contribution in [0.4, 0.5) is 5.69 Å². The number of carbonyl (C=O) groups is 1. The molecular formula is C15H21NO2. The number of anilines is 1. The molecule has 2 rings (SSSR count). The van der Waals surface area contributed by atoms with E-state index < -0.39 is 5.54 Å². The third kappa shape index (κ3) is 2.50. The van der Waals surface area contributed by atoms with Crippen LogP contribution in [0.15, 0.2) is 24.3 Å². The Balaban J connectivity index is 2.14. The van der Waals surface area contributed by atoms with Crippen molar-refractivity contribution in [3.63, 3.8) is 0 Å². The molecule has 3 heteroatoms. The van der Waals surface area contributed by atoms with Crippen LogP contribution in [-0.2, 0) is 9.53 Å². The highest BCUT2D eigenvalue weighted by Crippen LogP contribution is 2.41. The van der Waals surface area contributed by atoms with Gasteiger partial charge >= 0.3 is 5.97 Å². The van der Waals surface area contributed by atoms with Gasteiger partial charge in [0, 0.05) is 5.69 Å². The summed E-state index contributed by atoms with van der Waals surface area (Å²) in [5, 5.41) is 3.37. The summed E-state index contributed by atoms with van der Waals surface area (Å²) in [5.41, 5.74) is 1.67. The summed E-state index contributed by atoms with van der Waals surface area (Å²) < 4.78 is 5.20. The lowest BCUT2D eigenvalue weighted by molar-refractivity contribution is -0.153. The highest BCUT2D eigenvalue weighted by atomic mass is 16.5. The fourth-order valence-electron chi connectivity index (χ4n) is 2.72. The number of benzene rings is 1. The smallest absolute Gasteiger partial charge is 0.331 e. The van der Waals surface area contributed by atoms with Gasteiger partial charge in [-0.2, -0.15) is 0 Å². The molecule has 0 unspecified atom stereocenters. The van der Waals surface area contributed by atoms with Gasteiger partial charge in [-0.3, -0.25) is 0 Å². The molecule has 1 aliphatic rings. The number of hydrogen-bond donors (Lipinski definition) is 1. The molecule has 1 fully saturated rings. The van der Waals surface area contributed by atoms with Crippen molar-refractivity contribution < 1.29 is 9.53 Å². The molecule has 0 saturated heterocycles. The molecule has 98 valence electrons. The molecule has 1 aliphatic carbocycles. The minimum atomic E-state index is -0.511. The average molecular weight is 247 g/mol. The first-order valence-corrected chi connectivity index (χ1v) is 6.58. The van der Waals surface area contributed by atoms with Crippen LogP contribution in [0, 0.1) is 12.8 Å². The molecule has 0 bridgehead atoms. The molecule has 3 nitrogen and oxygen atoms in total. The van der Waals surface area contributed by atoms with Gasteiger partial charge < -0.3 is 10.1 Å². The van der Waals surface area contributed by atoms with E-state index >= 15 is 0 Å². The van der Waals surface area contributed by atoms with Crippen molar-refractivity contribution in [2.75, 3.05) is 11.9 Å². The molecule has 1 N–H and O–H groups in total. The third-order valence-electron chi connectivity index (χ3n) is 3.46. The normalized spacial score (nSPS) is 26.3. The molecule has 0 amide bonds. The van der Waals surface area contributed by atoms with Crippen LogP contribution >= 0.6 is 0 Å². The fraction of sp³-hybridized carbons (Fsp3) is 0.533. The fourth-order valence-corrected chi connectivity index (χ4v) is 2.72. The largest absolute Gasteiger partial charge is 0.464 e. The van der Waals surface area contributed by atoms with Gasteiger partial charge in [0.25, 0.3) is 0 Å². The zero-order chi connectivity index (χ0) is 13.2. The summed E-state index contributed by atoms with van der Waals surface area (Å²) in [4.78, 5) is 12.1. The second kappa shape index (κ2) is 5.01. The first-order valence-electron chi connectivity index (χ1n) is 6.58. The number of aryl methyl sites for hydroxylation is 1. The van der Waals surface area contributed by atoms with Gasteiger partial charge in [0.15, 0.2) is 0 Å². The van der Waals surface area contributed by atoms with Gasteiger partial charge in [0.05, 0.1) is 6.61 Å². The molecule has 1 aromatic carbocycles. The van der Waals surface area contributed by atoms with Gasteiger partial charge in [0.1, 0.15) is 5.54 Å². The first-order chi connectivity index (χ1) is 8.55. The van der Waals surface area contributed by atoms with E-state index in [0.717, 1.165) is 18.5 Å². The summed E-state index contributed by atoms with van der Waals surface area (Å²) in [6.07, 6.45) is 1.69. The van der Waals surface area contributed by atoms with E-state index in [2.05, 4.69) is 18.3 Å². The summed E-state index contributed by atoms with van der Waals surface area (Å²) >= 11 is 0. The number of nitrogens with one attached hydrogen (secondary N) is 1. The number of esters is 1. The average Bonchev–Trinajstić information content (AvgIpc) is 2.27. The minimum Gasteiger partial charge on any atom is -0.464 e. The summed E-state index contributed by atoms with van der Waals surface area (Å²) in [5.74, 6) is 0.455. The zero-order valence-electron chi connectivity index (χ0n) is 11.3. The van der Waals surface area contributed by atoms with Crippen molar-refractivity contribution in [1.29, 1.82) is 0 Å². The Labute approximate surface area is 109 Å². The highest BCUT2D eigenvalue weighted by molar-refractivity contribution is 5.86. The van der Waals surface area contributed by atoms with Crippen LogP contribution in [0.1, 0.15) is 32.3 Å². The van der Waals surface area contributed by atoms with Gasteiger partial charge in [0.2, 0.25) is 0 Å². The standard InChI is InChI=1S/C15H21NO2/c1-4-18-14(17)15(9-12(3)10-15)16-13-7-5-6-11(2)8-13/h5-8,12,16H,4,9-10H2,1-3H3. The highest BCUT2D eigenvalue weighted by Gasteiger charge is 2.49. The van der Waals surface area contributed by atoms with Crippen molar-refractivity contribution >= 4 is 11.7 Å². The molecule has 0 heterocycles. The molecule has 0 spiro atoms. The second-order valence-corrected chi connectivity index (χ2v) is 5.31. The number of ether oxygens (including phenoxy) is 1. The van der Waals surface area contributed by atoms with Crippen molar-refractivity contribution in [2.24, 2.45) is 5.92 Å². The molecule has 0 aliphatic heterocycles. The van der Waals surface area contributed by atoms with Crippen LogP contribution in [0.5, 0.6) is 0 Å². The first kappa shape index (κ1) is 12.9. The molecule has 18 heavy (non-hydrogen) atoms. The lowest BCUT2D eigenvalue weighted by Crippen LogP contribution is -2.56. The molecule has 1 aromatic rings. The lowest BCUT2D eigenvalue weighted by Gasteiger charge is -2.45. The second-order valence-electron chi connectivity index (χ2n) is 5.31. The minimum absolute atomic E-state index is 0.121. The Morgan fingerprint density at radius 1 is 1.50 bits per heavy atom. The quantitative estimate of drug-likeness (QED) is 0.831. The van der Waals surface area contributed by atoms with E-state index in [1.807, 2.05) is 32.0 Å². The van der Waals surface area contributed by atoms with E-state index in [1.165, 1.54) is 5.56 Å². The van der Waals surface area contributed by atoms with Gasteiger partial charge in [-0.25, -0.2) is 4.79 Å². The van der Waals surface area contributed by atoms with Crippen molar-refractivity contribution in [1.82, 2.24) is 0 Å². The predicted molar refractivity (Wildman–Crippen MR) is 72.6 cm³/mol. The van der Waals surface area contributed by atoms with Crippen molar-refractivity contribution in [3.8, 4) is 0 Å². The Hall–Kier alpha value is -1.51. The van der Waals surface area contributed by atoms with E-state index in [0.29, 0.717) is 12.5 Å². The van der Waals surface area contributed by atoms with Crippen LogP contribution in [0.2, 0.25) is 0 Å². The molecule has 1 saturated carbocycles. The van der Waals surface area contributed by atoms with Crippen LogP contribution in [0.25, 0.3) is 0 Å². The molecule has 0 aromatic heterocycles. The maximum Gasteiger partial charge on any atom is 0.331 e. The summed E-state index contributed by atoms with van der Waals surface area (Å²) in [7, 11) is 0. The number of carbonyl (C=O) groups excluding carboxylic acids is 1. The van der Waals surface area contributed by atoms with E-state index in [4.69, 9.17) is 4.74 Å². The number of rotatable bonds is 4. The Morgan fingerprint density at radius 2 is 2.22 bits per heavy atom. The summed E-state index contributed by atoms with van der Waals surface area (Å²) in [6, 6.07) is 8.10. The van der Waals surface area contributed by atoms with E-state index in [9.17, 15) is 4.79 Å². The van der Waals surface area contributed by atoms with Crippen LogP contribution < -0.4 is 5.32 Å². The Morgan fingerprint density at radius 3 is 2.78 bits per heavy atom. The predicted octanol–water partition coefficient (Wildman–Crippen LogP) is 3.14.